The first-order valence-electron chi connectivity index (χ1n) is 6.49. The van der Waals surface area contributed by atoms with Gasteiger partial charge in [0.15, 0.2) is 4.34 Å². The number of amides is 1. The van der Waals surface area contributed by atoms with Gasteiger partial charge in [0.05, 0.1) is 18.1 Å². The lowest BCUT2D eigenvalue weighted by Gasteiger charge is -2.46. The summed E-state index contributed by atoms with van der Waals surface area (Å²) in [6.07, 6.45) is 0.882. The Morgan fingerprint density at radius 3 is 2.81 bits per heavy atom. The molecule has 112 valence electrons. The largest absolute Gasteiger partial charge is 0.477 e. The van der Waals surface area contributed by atoms with Gasteiger partial charge in [-0.2, -0.15) is 0 Å². The van der Waals surface area contributed by atoms with Crippen LogP contribution < -0.4 is 0 Å². The maximum absolute atomic E-state index is 12.1. The summed E-state index contributed by atoms with van der Waals surface area (Å²) in [5.41, 5.74) is 0.0367. The molecule has 6 nitrogen and oxygen atoms in total. The number of carboxylic acids is 1. The van der Waals surface area contributed by atoms with Crippen LogP contribution in [-0.4, -0.2) is 44.1 Å². The van der Waals surface area contributed by atoms with Crippen LogP contribution in [0.1, 0.15) is 13.8 Å². The number of carbonyl (C=O) groups excluding carboxylic acids is 1. The number of carboxylic acid groups (broad SMARTS) is 1. The number of hydrogen-bond donors (Lipinski definition) is 2. The molecule has 1 fully saturated rings. The molecule has 0 bridgehead atoms. The number of aliphatic hydroxyl groups excluding tert-OH is 1. The Hall–Kier alpha value is -1.38. The zero-order valence-electron chi connectivity index (χ0n) is 11.4. The molecule has 2 aliphatic heterocycles. The molecule has 1 unspecified atom stereocenters. The van der Waals surface area contributed by atoms with Crippen molar-refractivity contribution in [3.8, 4) is 0 Å². The molecule has 0 aromatic carbocycles. The lowest BCUT2D eigenvalue weighted by atomic mass is 9.79. The SMILES string of the molecule is CC(O)[C@H]1C(=O)N2C(C(=O)O)=C(Sc3nccs3)[C@H](C)[C@H]12. The van der Waals surface area contributed by atoms with Gasteiger partial charge in [0.1, 0.15) is 5.70 Å². The normalized spacial score (nSPS) is 29.4. The van der Waals surface area contributed by atoms with Gasteiger partial charge in [0, 0.05) is 22.4 Å². The van der Waals surface area contributed by atoms with E-state index in [-0.39, 0.29) is 23.6 Å². The Morgan fingerprint density at radius 1 is 1.57 bits per heavy atom. The molecule has 2 aliphatic rings. The number of nitrogens with zero attached hydrogens (tertiary/aromatic N) is 2. The highest BCUT2D eigenvalue weighted by Crippen LogP contribution is 2.52. The van der Waals surface area contributed by atoms with Gasteiger partial charge in [0.2, 0.25) is 5.91 Å². The van der Waals surface area contributed by atoms with Crippen LogP contribution in [0.4, 0.5) is 0 Å². The van der Waals surface area contributed by atoms with Gasteiger partial charge in [-0.1, -0.05) is 18.7 Å². The van der Waals surface area contributed by atoms with Gasteiger partial charge in [-0.15, -0.1) is 11.3 Å². The Morgan fingerprint density at radius 2 is 2.29 bits per heavy atom. The molecule has 0 spiro atoms. The molecular formula is C13H14N2O4S2. The summed E-state index contributed by atoms with van der Waals surface area (Å²) in [7, 11) is 0. The fourth-order valence-corrected chi connectivity index (χ4v) is 4.91. The van der Waals surface area contributed by atoms with Crippen molar-refractivity contribution in [1.29, 1.82) is 0 Å². The van der Waals surface area contributed by atoms with Crippen LogP contribution >= 0.6 is 23.1 Å². The summed E-state index contributed by atoms with van der Waals surface area (Å²) >= 11 is 2.72. The van der Waals surface area contributed by atoms with Crippen LogP contribution in [0.25, 0.3) is 0 Å². The van der Waals surface area contributed by atoms with E-state index in [1.807, 2.05) is 12.3 Å². The lowest BCUT2D eigenvalue weighted by Crippen LogP contribution is -2.63. The fourth-order valence-electron chi connectivity index (χ4n) is 3.01. The fraction of sp³-hybridized carbons (Fsp3) is 0.462. The maximum atomic E-state index is 12.1. The average Bonchev–Trinajstić information content (AvgIpc) is 2.97. The molecular weight excluding hydrogens is 312 g/mol. The number of hydrogen-bond acceptors (Lipinski definition) is 6. The van der Waals surface area contributed by atoms with E-state index >= 15 is 0 Å². The van der Waals surface area contributed by atoms with Gasteiger partial charge in [-0.3, -0.25) is 4.79 Å². The molecule has 3 heterocycles. The van der Waals surface area contributed by atoms with Crippen molar-refractivity contribution in [2.24, 2.45) is 11.8 Å². The summed E-state index contributed by atoms with van der Waals surface area (Å²) in [5, 5.41) is 21.0. The van der Waals surface area contributed by atoms with Crippen molar-refractivity contribution in [3.63, 3.8) is 0 Å². The first-order chi connectivity index (χ1) is 9.93. The van der Waals surface area contributed by atoms with Crippen molar-refractivity contribution in [1.82, 2.24) is 9.88 Å². The van der Waals surface area contributed by atoms with Gasteiger partial charge in [-0.05, 0) is 6.92 Å². The van der Waals surface area contributed by atoms with Crippen LogP contribution in [0.15, 0.2) is 26.5 Å². The minimum absolute atomic E-state index is 0.0367. The number of aromatic nitrogens is 1. The summed E-state index contributed by atoms with van der Waals surface area (Å²) in [6, 6.07) is -0.272. The highest BCUT2D eigenvalue weighted by molar-refractivity contribution is 8.04. The zero-order chi connectivity index (χ0) is 15.3. The second kappa shape index (κ2) is 5.11. The van der Waals surface area contributed by atoms with E-state index in [0.29, 0.717) is 4.91 Å². The van der Waals surface area contributed by atoms with Crippen molar-refractivity contribution in [2.45, 2.75) is 30.3 Å². The van der Waals surface area contributed by atoms with Crippen molar-refractivity contribution < 1.29 is 19.8 Å². The van der Waals surface area contributed by atoms with Gasteiger partial charge in [0.25, 0.3) is 0 Å². The highest BCUT2D eigenvalue weighted by atomic mass is 32.2. The molecule has 0 radical (unpaired) electrons. The first-order valence-corrected chi connectivity index (χ1v) is 8.19. The third kappa shape index (κ3) is 2.09. The van der Waals surface area contributed by atoms with Gasteiger partial charge >= 0.3 is 5.97 Å². The zero-order valence-corrected chi connectivity index (χ0v) is 13.0. The topological polar surface area (TPSA) is 90.7 Å². The number of rotatable bonds is 4. The van der Waals surface area contributed by atoms with Crippen LogP contribution in [0.3, 0.4) is 0 Å². The number of thioether (sulfide) groups is 1. The molecule has 1 aromatic heterocycles. The molecule has 1 amide bonds. The molecule has 3 rings (SSSR count). The van der Waals surface area contributed by atoms with Crippen molar-refractivity contribution in [2.75, 3.05) is 0 Å². The summed E-state index contributed by atoms with van der Waals surface area (Å²) < 4.78 is 0.749. The van der Waals surface area contributed by atoms with E-state index < -0.39 is 18.0 Å². The molecule has 0 saturated carbocycles. The lowest BCUT2D eigenvalue weighted by molar-refractivity contribution is -0.163. The van der Waals surface area contributed by atoms with Crippen LogP contribution in [0.5, 0.6) is 0 Å². The highest BCUT2D eigenvalue weighted by Gasteiger charge is 2.60. The van der Waals surface area contributed by atoms with Gasteiger partial charge < -0.3 is 15.1 Å². The Bertz CT molecular complexity index is 626. The Balaban J connectivity index is 1.97. The monoisotopic (exact) mass is 326 g/mol. The van der Waals surface area contributed by atoms with E-state index in [0.717, 1.165) is 4.34 Å². The van der Waals surface area contributed by atoms with Crippen LogP contribution in [-0.2, 0) is 9.59 Å². The smallest absolute Gasteiger partial charge is 0.353 e. The van der Waals surface area contributed by atoms with Gasteiger partial charge in [-0.25, -0.2) is 9.78 Å². The second-order valence-electron chi connectivity index (χ2n) is 5.17. The molecule has 2 N–H and O–H groups in total. The average molecular weight is 326 g/mol. The quantitative estimate of drug-likeness (QED) is 0.813. The third-order valence-electron chi connectivity index (χ3n) is 3.92. The predicted molar refractivity (Wildman–Crippen MR) is 77.6 cm³/mol. The minimum atomic E-state index is -1.11. The number of aliphatic hydroxyl groups is 1. The predicted octanol–water partition coefficient (Wildman–Crippen LogP) is 1.39. The van der Waals surface area contributed by atoms with E-state index in [1.165, 1.54) is 28.0 Å². The molecule has 1 aromatic rings. The minimum Gasteiger partial charge on any atom is -0.477 e. The first kappa shape index (κ1) is 14.6. The molecule has 0 aliphatic carbocycles. The maximum Gasteiger partial charge on any atom is 0.353 e. The van der Waals surface area contributed by atoms with Crippen molar-refractivity contribution in [3.05, 3.63) is 22.2 Å². The van der Waals surface area contributed by atoms with Crippen molar-refractivity contribution >= 4 is 35.0 Å². The Kier molecular flexibility index (Phi) is 3.54. The van der Waals surface area contributed by atoms with Crippen LogP contribution in [0, 0.1) is 11.8 Å². The Labute approximate surface area is 129 Å². The van der Waals surface area contributed by atoms with Crippen LogP contribution in [0.2, 0.25) is 0 Å². The second-order valence-corrected chi connectivity index (χ2v) is 7.36. The van der Waals surface area contributed by atoms with E-state index in [4.69, 9.17) is 0 Å². The molecule has 21 heavy (non-hydrogen) atoms. The molecule has 1 saturated heterocycles. The van der Waals surface area contributed by atoms with E-state index in [2.05, 4.69) is 4.98 Å². The summed E-state index contributed by atoms with van der Waals surface area (Å²) in [4.78, 5) is 29.8. The summed E-state index contributed by atoms with van der Waals surface area (Å²) in [6.45, 7) is 3.46. The van der Waals surface area contributed by atoms with E-state index in [1.54, 1.807) is 13.1 Å². The number of β-lactam (4-membered cyclic amide) rings is 1. The number of carbonyl (C=O) groups is 2. The number of aliphatic carboxylic acids is 1. The number of fused-ring (bicyclic) bond motifs is 1. The standard InChI is InChI=1S/C13H14N2O4S2/c1-5-8-7(6(2)16)11(17)15(8)9(12(18)19)10(5)21-13-14-3-4-20-13/h3-8,16H,1-2H3,(H,18,19)/t5-,6?,7-,8-/m1/s1. The summed E-state index contributed by atoms with van der Waals surface area (Å²) in [5.74, 6) is -2.07. The molecule has 4 atom stereocenters. The number of thiazole rings is 1. The van der Waals surface area contributed by atoms with E-state index in [9.17, 15) is 19.8 Å². The molecule has 8 heteroatoms. The third-order valence-corrected chi connectivity index (χ3v) is 6.09.